The average molecular weight is 254 g/mol. The predicted molar refractivity (Wildman–Crippen MR) is 74.5 cm³/mol. The quantitative estimate of drug-likeness (QED) is 0.429. The molecule has 4 heteroatoms. The first-order valence-electron chi connectivity index (χ1n) is 4.79. The maximum Gasteiger partial charge on any atom is 0.330 e. The lowest BCUT2D eigenvalue weighted by molar-refractivity contribution is -0.146. The Balaban J connectivity index is -0.000000141. The highest BCUT2D eigenvalue weighted by Crippen LogP contribution is 1.82. The molecular weight excluding hydrogens is 232 g/mol. The fourth-order valence-electron chi connectivity index (χ4n) is 0.402. The smallest absolute Gasteiger partial charge is 0.330 e. The van der Waals surface area contributed by atoms with Gasteiger partial charge in [0, 0.05) is 12.2 Å². The lowest BCUT2D eigenvalue weighted by atomic mass is 10.6. The van der Waals surface area contributed by atoms with Crippen molar-refractivity contribution in [2.45, 2.75) is 0 Å². The molecule has 0 saturated carbocycles. The van der Waals surface area contributed by atoms with Gasteiger partial charge >= 0.3 is 11.9 Å². The molecule has 0 aliphatic rings. The highest BCUT2D eigenvalue weighted by molar-refractivity contribution is 5.81. The molecule has 0 aromatic heterocycles. The molecule has 0 aliphatic carbocycles. The van der Waals surface area contributed by atoms with Crippen LogP contribution in [0.15, 0.2) is 25.3 Å². The largest absolute Gasteiger partial charge is 0.459 e. The van der Waals surface area contributed by atoms with E-state index in [1.54, 1.807) is 0 Å². The van der Waals surface area contributed by atoms with Crippen molar-refractivity contribution < 1.29 is 19.1 Å². The summed E-state index contributed by atoms with van der Waals surface area (Å²) in [6.45, 7) is 24.4. The van der Waals surface area contributed by atoms with Crippen LogP contribution in [0.25, 0.3) is 0 Å². The van der Waals surface area contributed by atoms with Crippen LogP contribution < -0.4 is 0 Å². The molecule has 0 fully saturated rings. The molecule has 0 atom stereocenters. The van der Waals surface area contributed by atoms with E-state index in [0.717, 1.165) is 12.2 Å². The SMILES string of the molecule is C=CC(=O)OCCOC(=O)C=C.[CH2][CH2].[CH2][CH2].[CH2][CH2]. The minimum atomic E-state index is -0.537. The zero-order valence-electron chi connectivity index (χ0n) is 10.9. The summed E-state index contributed by atoms with van der Waals surface area (Å²) in [5.74, 6) is -1.07. The van der Waals surface area contributed by atoms with Gasteiger partial charge in [-0.2, -0.15) is 0 Å². The van der Waals surface area contributed by atoms with Gasteiger partial charge in [-0.1, -0.05) is 54.7 Å². The Kier molecular flexibility index (Phi) is 41.5. The lowest BCUT2D eigenvalue weighted by Crippen LogP contribution is -2.10. The van der Waals surface area contributed by atoms with E-state index in [1.165, 1.54) is 0 Å². The summed E-state index contributed by atoms with van der Waals surface area (Å²) in [5, 5.41) is 0. The third-order valence-electron chi connectivity index (χ3n) is 0.905. The van der Waals surface area contributed by atoms with E-state index in [-0.39, 0.29) is 13.2 Å². The molecule has 102 valence electrons. The van der Waals surface area contributed by atoms with Gasteiger partial charge in [-0.05, 0) is 0 Å². The van der Waals surface area contributed by atoms with Gasteiger partial charge in [0.15, 0.2) is 0 Å². The van der Waals surface area contributed by atoms with Crippen LogP contribution in [0.1, 0.15) is 0 Å². The molecule has 0 rings (SSSR count). The van der Waals surface area contributed by atoms with Crippen LogP contribution in [0.5, 0.6) is 0 Å². The fraction of sp³-hybridized carbons (Fsp3) is 0.143. The molecule has 0 amide bonds. The van der Waals surface area contributed by atoms with Gasteiger partial charge in [0.25, 0.3) is 0 Å². The van der Waals surface area contributed by atoms with Gasteiger partial charge in [0.2, 0.25) is 0 Å². The second-order valence-electron chi connectivity index (χ2n) is 1.74. The van der Waals surface area contributed by atoms with Gasteiger partial charge in [-0.3, -0.25) is 0 Å². The van der Waals surface area contributed by atoms with Gasteiger partial charge < -0.3 is 9.47 Å². The maximum atomic E-state index is 10.4. The highest BCUT2D eigenvalue weighted by atomic mass is 16.6. The summed E-state index contributed by atoms with van der Waals surface area (Å²) in [4.78, 5) is 20.9. The van der Waals surface area contributed by atoms with Gasteiger partial charge in [0.1, 0.15) is 13.2 Å². The summed E-state index contributed by atoms with van der Waals surface area (Å²) < 4.78 is 9.04. The predicted octanol–water partition coefficient (Wildman–Crippen LogP) is 2.41. The van der Waals surface area contributed by atoms with E-state index >= 15 is 0 Å². The molecule has 4 nitrogen and oxygen atoms in total. The Morgan fingerprint density at radius 3 is 1.11 bits per heavy atom. The van der Waals surface area contributed by atoms with Crippen LogP contribution in [0.3, 0.4) is 0 Å². The van der Waals surface area contributed by atoms with Crippen LogP contribution in [0.2, 0.25) is 0 Å². The normalized spacial score (nSPS) is 6.56. The second-order valence-corrected chi connectivity index (χ2v) is 1.74. The van der Waals surface area contributed by atoms with Crippen molar-refractivity contribution in [3.63, 3.8) is 0 Å². The topological polar surface area (TPSA) is 52.6 Å². The van der Waals surface area contributed by atoms with Crippen LogP contribution >= 0.6 is 0 Å². The van der Waals surface area contributed by atoms with E-state index in [4.69, 9.17) is 0 Å². The highest BCUT2D eigenvalue weighted by Gasteiger charge is 1.97. The molecule has 0 saturated heterocycles. The molecule has 0 spiro atoms. The first kappa shape index (κ1) is 25.3. The molecular formula is C14H22O4. The number of carbonyl (C=O) groups excluding carboxylic acids is 2. The van der Waals surface area contributed by atoms with Crippen molar-refractivity contribution in [1.82, 2.24) is 0 Å². The number of ether oxygens (including phenoxy) is 2. The molecule has 0 aliphatic heterocycles. The Morgan fingerprint density at radius 2 is 0.944 bits per heavy atom. The standard InChI is InChI=1S/C8H10O4.3C2H4/c1-3-7(9)11-5-6-12-8(10)4-2;3*1-2/h3-4H,1-2,5-6H2;3*1-2H2. The number of hydrogen-bond acceptors (Lipinski definition) is 4. The molecule has 0 unspecified atom stereocenters. The summed E-state index contributed by atoms with van der Waals surface area (Å²) in [6, 6.07) is 0. The zero-order chi connectivity index (χ0) is 15.4. The molecule has 0 bridgehead atoms. The first-order valence-corrected chi connectivity index (χ1v) is 4.79. The molecule has 0 N–H and O–H groups in total. The van der Waals surface area contributed by atoms with E-state index < -0.39 is 11.9 Å². The summed E-state index contributed by atoms with van der Waals surface area (Å²) in [6.07, 6.45) is 2.07. The van der Waals surface area contributed by atoms with Crippen molar-refractivity contribution in [2.24, 2.45) is 0 Å². The molecule has 18 heavy (non-hydrogen) atoms. The van der Waals surface area contributed by atoms with Crippen LogP contribution in [-0.2, 0) is 19.1 Å². The Labute approximate surface area is 112 Å². The summed E-state index contributed by atoms with van der Waals surface area (Å²) in [7, 11) is 0. The van der Waals surface area contributed by atoms with E-state index in [9.17, 15) is 9.59 Å². The molecule has 0 aromatic carbocycles. The molecule has 0 aromatic rings. The van der Waals surface area contributed by atoms with Crippen molar-refractivity contribution >= 4 is 11.9 Å². The maximum absolute atomic E-state index is 10.4. The number of rotatable bonds is 5. The number of carbonyl (C=O) groups is 2. The van der Waals surface area contributed by atoms with Crippen LogP contribution in [0.4, 0.5) is 0 Å². The fourth-order valence-corrected chi connectivity index (χ4v) is 0.402. The van der Waals surface area contributed by atoms with Crippen molar-refractivity contribution in [2.75, 3.05) is 13.2 Å². The van der Waals surface area contributed by atoms with Gasteiger partial charge in [-0.25, -0.2) is 9.59 Å². The van der Waals surface area contributed by atoms with Crippen molar-refractivity contribution in [3.8, 4) is 0 Å². The van der Waals surface area contributed by atoms with Gasteiger partial charge in [0.05, 0.1) is 0 Å². The first-order chi connectivity index (χ1) is 8.70. The van der Waals surface area contributed by atoms with Crippen molar-refractivity contribution in [3.05, 3.63) is 66.9 Å². The number of esters is 2. The Bertz CT molecular complexity index is 176. The van der Waals surface area contributed by atoms with Gasteiger partial charge in [-0.15, -0.1) is 0 Å². The lowest BCUT2D eigenvalue weighted by Gasteiger charge is -2.01. The van der Waals surface area contributed by atoms with E-state index in [0.29, 0.717) is 0 Å². The third-order valence-corrected chi connectivity index (χ3v) is 0.905. The summed E-state index contributed by atoms with van der Waals surface area (Å²) in [5.41, 5.74) is 0. The zero-order valence-corrected chi connectivity index (χ0v) is 10.9. The van der Waals surface area contributed by atoms with Crippen molar-refractivity contribution in [1.29, 1.82) is 0 Å². The molecule has 6 radical (unpaired) electrons. The Hall–Kier alpha value is -1.58. The summed E-state index contributed by atoms with van der Waals surface area (Å²) >= 11 is 0. The second kappa shape index (κ2) is 29.5. The molecule has 0 heterocycles. The minimum absolute atomic E-state index is 0.0322. The van der Waals surface area contributed by atoms with E-state index in [2.05, 4.69) is 64.2 Å². The number of hydrogen-bond donors (Lipinski definition) is 0. The van der Waals surface area contributed by atoms with Crippen LogP contribution in [-0.4, -0.2) is 25.2 Å². The minimum Gasteiger partial charge on any atom is -0.459 e. The third kappa shape index (κ3) is 29.3. The van der Waals surface area contributed by atoms with Crippen LogP contribution in [0, 0.1) is 41.5 Å². The Morgan fingerprint density at radius 1 is 0.722 bits per heavy atom. The monoisotopic (exact) mass is 254 g/mol. The van der Waals surface area contributed by atoms with E-state index in [1.807, 2.05) is 0 Å². The average Bonchev–Trinajstić information content (AvgIpc) is 2.49.